The van der Waals surface area contributed by atoms with Crippen LogP contribution in [0.15, 0.2) is 102 Å². The molecular weight excluding hydrogens is 803 g/mol. The zero-order chi connectivity index (χ0) is 44.9. The smallest absolute Gasteiger partial charge is 0.338 e. The molecule has 3 aromatic carbocycles. The maximum absolute atomic E-state index is 15.5. The molecule has 2 saturated carbocycles. The molecule has 0 aromatic heterocycles. The number of nitrogens with one attached hydrogen (secondary N) is 1. The lowest BCUT2D eigenvalue weighted by Crippen LogP contribution is -2.82. The normalized spacial score (nSPS) is 31.9. The Labute approximate surface area is 358 Å². The first-order valence-corrected chi connectivity index (χ1v) is 20.5. The maximum atomic E-state index is 15.5. The zero-order valence-electron chi connectivity index (χ0n) is 35.2. The highest BCUT2D eigenvalue weighted by Crippen LogP contribution is 2.64. The third kappa shape index (κ3) is 7.29. The first-order chi connectivity index (χ1) is 29.3. The van der Waals surface area contributed by atoms with Gasteiger partial charge in [-0.15, -0.1) is 0 Å². The molecule has 328 valence electrons. The fourth-order valence-corrected chi connectivity index (χ4v) is 10.2. The zero-order valence-corrected chi connectivity index (χ0v) is 35.2. The Kier molecular flexibility index (Phi) is 11.8. The van der Waals surface area contributed by atoms with Gasteiger partial charge in [-0.3, -0.25) is 19.2 Å². The third-order valence-electron chi connectivity index (χ3n) is 13.5. The fraction of sp³-hybridized carbons (Fsp3) is 0.447. The summed E-state index contributed by atoms with van der Waals surface area (Å²) >= 11 is 0. The van der Waals surface area contributed by atoms with Crippen LogP contribution in [0.25, 0.3) is 0 Å². The van der Waals surface area contributed by atoms with E-state index in [0.717, 1.165) is 13.8 Å². The number of Topliss-reactive ketones (excluding diaryl/α,β-unsaturated/α-hetero) is 1. The quantitative estimate of drug-likeness (QED) is 0.130. The van der Waals surface area contributed by atoms with Crippen molar-refractivity contribution in [2.45, 2.75) is 108 Å². The van der Waals surface area contributed by atoms with Gasteiger partial charge in [-0.05, 0) is 54.8 Å². The van der Waals surface area contributed by atoms with Gasteiger partial charge in [0, 0.05) is 37.7 Å². The molecule has 7 rings (SSSR count). The van der Waals surface area contributed by atoms with Gasteiger partial charge in [0.05, 0.1) is 35.6 Å². The summed E-state index contributed by atoms with van der Waals surface area (Å²) < 4.78 is 30.3. The van der Waals surface area contributed by atoms with E-state index in [1.54, 1.807) is 92.7 Å². The highest BCUT2D eigenvalue weighted by Gasteiger charge is 2.78. The van der Waals surface area contributed by atoms with Crippen LogP contribution in [0.2, 0.25) is 0 Å². The van der Waals surface area contributed by atoms with E-state index in [9.17, 15) is 39.3 Å². The minimum absolute atomic E-state index is 0.00289. The monoisotopic (exact) mass is 853 g/mol. The van der Waals surface area contributed by atoms with Crippen LogP contribution >= 0.6 is 0 Å². The van der Waals surface area contributed by atoms with E-state index in [1.807, 2.05) is 0 Å². The van der Waals surface area contributed by atoms with Crippen molar-refractivity contribution in [3.8, 4) is 0 Å². The van der Waals surface area contributed by atoms with Crippen LogP contribution in [0.4, 0.5) is 0 Å². The first kappa shape index (κ1) is 44.3. The lowest BCUT2D eigenvalue weighted by atomic mass is 9.44. The highest BCUT2D eigenvalue weighted by molar-refractivity contribution is 5.96. The number of amides is 1. The van der Waals surface area contributed by atoms with E-state index in [0.29, 0.717) is 5.56 Å². The molecule has 15 nitrogen and oxygen atoms in total. The molecule has 1 heterocycles. The van der Waals surface area contributed by atoms with E-state index in [-0.39, 0.29) is 35.3 Å². The lowest BCUT2D eigenvalue weighted by molar-refractivity contribution is -0.346. The molecule has 0 radical (unpaired) electrons. The Bertz CT molecular complexity index is 2280. The van der Waals surface area contributed by atoms with E-state index in [2.05, 4.69) is 5.32 Å². The van der Waals surface area contributed by atoms with Gasteiger partial charge < -0.3 is 44.3 Å². The predicted molar refractivity (Wildman–Crippen MR) is 218 cm³/mol. The summed E-state index contributed by atoms with van der Waals surface area (Å²) in [5.41, 5.74) is -7.02. The Morgan fingerprint density at radius 2 is 1.40 bits per heavy atom. The van der Waals surface area contributed by atoms with Gasteiger partial charge >= 0.3 is 23.9 Å². The number of rotatable bonds is 10. The Morgan fingerprint density at radius 3 is 1.95 bits per heavy atom. The molecule has 2 bridgehead atoms. The predicted octanol–water partition coefficient (Wildman–Crippen LogP) is 3.74. The summed E-state index contributed by atoms with van der Waals surface area (Å²) in [5.74, 6) is -6.84. The van der Waals surface area contributed by atoms with Gasteiger partial charge in [-0.25, -0.2) is 9.59 Å². The van der Waals surface area contributed by atoms with Gasteiger partial charge in [0.25, 0.3) is 5.91 Å². The van der Waals surface area contributed by atoms with E-state index >= 15 is 4.79 Å². The number of ether oxygens (including phenoxy) is 5. The minimum Gasteiger partial charge on any atom is -0.456 e. The van der Waals surface area contributed by atoms with Crippen LogP contribution in [-0.2, 0) is 42.9 Å². The Balaban J connectivity index is 1.39. The largest absolute Gasteiger partial charge is 0.456 e. The van der Waals surface area contributed by atoms with Crippen LogP contribution in [0, 0.1) is 16.7 Å². The molecule has 15 heteroatoms. The number of aliphatic hydroxyl groups is 3. The molecule has 4 N–H and O–H groups in total. The second-order valence-electron chi connectivity index (χ2n) is 17.4. The molecule has 1 amide bonds. The molecule has 1 saturated heterocycles. The summed E-state index contributed by atoms with van der Waals surface area (Å²) in [6, 6.07) is 22.9. The molecule has 3 unspecified atom stereocenters. The van der Waals surface area contributed by atoms with Crippen molar-refractivity contribution in [2.75, 3.05) is 6.61 Å². The SMILES string of the molecule is CC(=O)O[C@H]1C(=O)[C@@]2(C)C(C(OC(=O)c3ccccc3)[C@]3(O)C[C@H](OC(=O)[C@H](O)C(NC(=O)c4ccccc4)c4ccccc4)C(C)=C1C3(C)C)[C@]1(OC(C)=O)CO[C@@H]1C[C@@H]2O. The van der Waals surface area contributed by atoms with Crippen molar-refractivity contribution in [3.05, 3.63) is 119 Å². The number of fused-ring (bicyclic) bond motifs is 5. The van der Waals surface area contributed by atoms with Crippen molar-refractivity contribution in [2.24, 2.45) is 16.7 Å². The van der Waals surface area contributed by atoms with E-state index in [4.69, 9.17) is 23.7 Å². The van der Waals surface area contributed by atoms with Crippen molar-refractivity contribution in [3.63, 3.8) is 0 Å². The summed E-state index contributed by atoms with van der Waals surface area (Å²) in [5, 5.41) is 40.2. The van der Waals surface area contributed by atoms with Crippen molar-refractivity contribution in [1.29, 1.82) is 0 Å². The molecule has 0 spiro atoms. The molecule has 1 aliphatic heterocycles. The molecule has 3 aliphatic carbocycles. The first-order valence-electron chi connectivity index (χ1n) is 20.5. The fourth-order valence-electron chi connectivity index (χ4n) is 10.2. The molecule has 11 atom stereocenters. The summed E-state index contributed by atoms with van der Waals surface area (Å²) in [6.45, 7) is 7.97. The van der Waals surface area contributed by atoms with Crippen molar-refractivity contribution >= 4 is 35.6 Å². The summed E-state index contributed by atoms with van der Waals surface area (Å²) in [6.07, 6.45) is -10.5. The van der Waals surface area contributed by atoms with Crippen LogP contribution in [0.1, 0.15) is 86.7 Å². The lowest BCUT2D eigenvalue weighted by Gasteiger charge is -2.67. The maximum Gasteiger partial charge on any atom is 0.338 e. The highest BCUT2D eigenvalue weighted by atomic mass is 16.6. The van der Waals surface area contributed by atoms with Crippen LogP contribution in [0.3, 0.4) is 0 Å². The Hall–Kier alpha value is -5.74. The number of carbonyl (C=O) groups is 6. The number of hydrogen-bond donors (Lipinski definition) is 4. The van der Waals surface area contributed by atoms with Gasteiger partial charge in [0.2, 0.25) is 0 Å². The number of carbonyl (C=O) groups excluding carboxylic acids is 6. The topological polar surface area (TPSA) is 221 Å². The van der Waals surface area contributed by atoms with E-state index < -0.39 is 113 Å². The summed E-state index contributed by atoms with van der Waals surface area (Å²) in [7, 11) is 0. The molecular formula is C47H51NO14. The number of ketones is 1. The second kappa shape index (κ2) is 16.5. The number of hydrogen-bond acceptors (Lipinski definition) is 14. The summed E-state index contributed by atoms with van der Waals surface area (Å²) in [4.78, 5) is 83.5. The van der Waals surface area contributed by atoms with Crippen molar-refractivity contribution < 1.29 is 67.8 Å². The van der Waals surface area contributed by atoms with Crippen molar-refractivity contribution in [1.82, 2.24) is 5.32 Å². The molecule has 4 aliphatic rings. The van der Waals surface area contributed by atoms with Crippen LogP contribution < -0.4 is 5.32 Å². The molecule has 3 aromatic rings. The number of aliphatic hydroxyl groups excluding tert-OH is 2. The van der Waals surface area contributed by atoms with E-state index in [1.165, 1.54) is 26.0 Å². The molecule has 3 fully saturated rings. The Morgan fingerprint density at radius 1 is 0.823 bits per heavy atom. The van der Waals surface area contributed by atoms with Gasteiger partial charge in [0.15, 0.2) is 23.6 Å². The third-order valence-corrected chi connectivity index (χ3v) is 13.5. The van der Waals surface area contributed by atoms with Gasteiger partial charge in [0.1, 0.15) is 23.9 Å². The average molecular weight is 854 g/mol. The van der Waals surface area contributed by atoms with Crippen LogP contribution in [-0.4, -0.2) is 105 Å². The standard InChI is InChI=1S/C47H51NO14/c1-25-31(60-43(56)36(52)35(28-16-10-7-11-17-28)48-41(54)29-18-12-8-13-19-29)23-47(57)40(61-42(55)30-20-14-9-15-21-30)38-45(6,32(51)22-33-46(38,24-58-33)62-27(3)50)39(53)37(59-26(2)49)34(25)44(47,4)5/h7-21,31-33,35-38,40,51-52,57H,22-24H2,1-6H3,(H,48,54)/t31-,32-,33+,35?,36+,37+,38?,40?,45+,46-,47+/m0/s1. The van der Waals surface area contributed by atoms with Gasteiger partial charge in [-0.1, -0.05) is 80.6 Å². The van der Waals surface area contributed by atoms with Gasteiger partial charge in [-0.2, -0.15) is 0 Å². The number of benzene rings is 3. The average Bonchev–Trinajstić information content (AvgIpc) is 3.24. The molecule has 62 heavy (non-hydrogen) atoms. The minimum atomic E-state index is -2.39. The van der Waals surface area contributed by atoms with Crippen LogP contribution in [0.5, 0.6) is 0 Å². The number of esters is 4. The second-order valence-corrected chi connectivity index (χ2v) is 17.4.